The van der Waals surface area contributed by atoms with Crippen molar-refractivity contribution in [3.05, 3.63) is 34.6 Å². The summed E-state index contributed by atoms with van der Waals surface area (Å²) in [6.07, 6.45) is 0.335. The second kappa shape index (κ2) is 5.70. The van der Waals surface area contributed by atoms with E-state index in [1.165, 1.54) is 0 Å². The maximum atomic E-state index is 13.9. The SMILES string of the molecule is CC(C)CC(c1c(F)c(F)c(F)c(F)c1F)C(C)(C)C. The second-order valence-corrected chi connectivity index (χ2v) is 6.53. The lowest BCUT2D eigenvalue weighted by atomic mass is 9.72. The van der Waals surface area contributed by atoms with E-state index in [0.717, 1.165) is 0 Å². The molecule has 0 radical (unpaired) electrons. The van der Waals surface area contributed by atoms with E-state index in [0.29, 0.717) is 6.42 Å². The summed E-state index contributed by atoms with van der Waals surface area (Å²) in [6, 6.07) is 0. The zero-order valence-electron chi connectivity index (χ0n) is 12.3. The van der Waals surface area contributed by atoms with Crippen molar-refractivity contribution < 1.29 is 22.0 Å². The molecule has 0 saturated heterocycles. The van der Waals surface area contributed by atoms with E-state index in [1.54, 1.807) is 20.8 Å². The third-order valence-electron chi connectivity index (χ3n) is 3.34. The van der Waals surface area contributed by atoms with Crippen LogP contribution in [0.5, 0.6) is 0 Å². The van der Waals surface area contributed by atoms with Crippen LogP contribution in [0.25, 0.3) is 0 Å². The molecule has 0 aromatic heterocycles. The minimum Gasteiger partial charge on any atom is -0.203 e. The Kier molecular flexibility index (Phi) is 4.82. The standard InChI is InChI=1S/C15H19F5/c1-7(2)6-8(15(3,4)5)9-10(16)12(18)14(20)13(19)11(9)17/h7-8H,6H2,1-5H3. The molecule has 114 valence electrons. The van der Waals surface area contributed by atoms with Crippen molar-refractivity contribution in [3.8, 4) is 0 Å². The molecule has 1 aromatic rings. The van der Waals surface area contributed by atoms with E-state index in [9.17, 15) is 22.0 Å². The van der Waals surface area contributed by atoms with E-state index in [-0.39, 0.29) is 5.92 Å². The average Bonchev–Trinajstić information content (AvgIpc) is 2.31. The number of hydrogen-bond acceptors (Lipinski definition) is 0. The Morgan fingerprint density at radius 2 is 1.10 bits per heavy atom. The lowest BCUT2D eigenvalue weighted by Crippen LogP contribution is -2.24. The molecule has 0 aliphatic carbocycles. The van der Waals surface area contributed by atoms with Crippen molar-refractivity contribution in [1.82, 2.24) is 0 Å². The number of halogens is 5. The average molecular weight is 294 g/mol. The minimum absolute atomic E-state index is 0.0641. The largest absolute Gasteiger partial charge is 0.203 e. The Morgan fingerprint density at radius 3 is 1.40 bits per heavy atom. The maximum absolute atomic E-state index is 13.9. The number of hydrogen-bond donors (Lipinski definition) is 0. The molecule has 5 heteroatoms. The van der Waals surface area contributed by atoms with E-state index in [4.69, 9.17) is 0 Å². The summed E-state index contributed by atoms with van der Waals surface area (Å²) in [5, 5.41) is 0. The van der Waals surface area contributed by atoms with Crippen LogP contribution in [0, 0.1) is 40.4 Å². The fourth-order valence-corrected chi connectivity index (χ4v) is 2.30. The summed E-state index contributed by atoms with van der Waals surface area (Å²) in [5.41, 5.74) is -1.33. The molecule has 1 atom stereocenters. The first-order valence-corrected chi connectivity index (χ1v) is 6.49. The second-order valence-electron chi connectivity index (χ2n) is 6.53. The van der Waals surface area contributed by atoms with Gasteiger partial charge in [-0.25, -0.2) is 22.0 Å². The molecule has 0 N–H and O–H groups in total. The Morgan fingerprint density at radius 1 is 0.750 bits per heavy atom. The topological polar surface area (TPSA) is 0 Å². The molecule has 0 heterocycles. The van der Waals surface area contributed by atoms with Crippen LogP contribution >= 0.6 is 0 Å². The van der Waals surface area contributed by atoms with Crippen molar-refractivity contribution in [3.63, 3.8) is 0 Å². The third-order valence-corrected chi connectivity index (χ3v) is 3.34. The van der Waals surface area contributed by atoms with Crippen molar-refractivity contribution in [1.29, 1.82) is 0 Å². The highest BCUT2D eigenvalue weighted by Crippen LogP contribution is 2.43. The normalized spacial score (nSPS) is 13.9. The lowest BCUT2D eigenvalue weighted by molar-refractivity contribution is 0.256. The van der Waals surface area contributed by atoms with Crippen molar-refractivity contribution in [2.75, 3.05) is 0 Å². The molecule has 0 spiro atoms. The van der Waals surface area contributed by atoms with Gasteiger partial charge < -0.3 is 0 Å². The summed E-state index contributed by atoms with van der Waals surface area (Å²) in [4.78, 5) is 0. The van der Waals surface area contributed by atoms with Gasteiger partial charge in [0.15, 0.2) is 23.3 Å². The van der Waals surface area contributed by atoms with Crippen LogP contribution in [0.15, 0.2) is 0 Å². The Balaban J connectivity index is 3.57. The van der Waals surface area contributed by atoms with Crippen LogP contribution in [-0.2, 0) is 0 Å². The summed E-state index contributed by atoms with van der Waals surface area (Å²) in [5.74, 6) is -10.00. The van der Waals surface area contributed by atoms with Gasteiger partial charge in [-0.1, -0.05) is 34.6 Å². The van der Waals surface area contributed by atoms with Crippen LogP contribution in [0.3, 0.4) is 0 Å². The van der Waals surface area contributed by atoms with Crippen molar-refractivity contribution in [2.45, 2.75) is 47.0 Å². The monoisotopic (exact) mass is 294 g/mol. The van der Waals surface area contributed by atoms with Crippen LogP contribution < -0.4 is 0 Å². The predicted molar refractivity (Wildman–Crippen MR) is 67.9 cm³/mol. The Hall–Kier alpha value is -1.13. The van der Waals surface area contributed by atoms with Gasteiger partial charge in [0.2, 0.25) is 5.82 Å². The molecule has 1 unspecified atom stereocenters. The van der Waals surface area contributed by atoms with Crippen molar-refractivity contribution in [2.24, 2.45) is 11.3 Å². The van der Waals surface area contributed by atoms with Gasteiger partial charge in [0.1, 0.15) is 0 Å². The van der Waals surface area contributed by atoms with Gasteiger partial charge >= 0.3 is 0 Å². The molecule has 0 aliphatic heterocycles. The van der Waals surface area contributed by atoms with E-state index < -0.39 is 46.0 Å². The molecule has 0 bridgehead atoms. The highest BCUT2D eigenvalue weighted by Gasteiger charge is 2.36. The molecule has 20 heavy (non-hydrogen) atoms. The highest BCUT2D eigenvalue weighted by molar-refractivity contribution is 5.29. The maximum Gasteiger partial charge on any atom is 0.200 e. The van der Waals surface area contributed by atoms with Gasteiger partial charge in [-0.3, -0.25) is 0 Å². The lowest BCUT2D eigenvalue weighted by Gasteiger charge is -2.33. The van der Waals surface area contributed by atoms with Gasteiger partial charge in [0, 0.05) is 5.56 Å². The Labute approximate surface area is 116 Å². The molecule has 0 aliphatic rings. The van der Waals surface area contributed by atoms with Gasteiger partial charge in [0.25, 0.3) is 0 Å². The van der Waals surface area contributed by atoms with Crippen LogP contribution in [0.1, 0.15) is 52.5 Å². The number of rotatable bonds is 3. The fraction of sp³-hybridized carbons (Fsp3) is 0.600. The fourth-order valence-electron chi connectivity index (χ4n) is 2.30. The van der Waals surface area contributed by atoms with Crippen LogP contribution in [-0.4, -0.2) is 0 Å². The smallest absolute Gasteiger partial charge is 0.200 e. The minimum atomic E-state index is -2.11. The molecule has 1 rings (SSSR count). The first-order valence-electron chi connectivity index (χ1n) is 6.49. The van der Waals surface area contributed by atoms with E-state index in [1.807, 2.05) is 13.8 Å². The summed E-state index contributed by atoms with van der Waals surface area (Å²) < 4.78 is 67.6. The van der Waals surface area contributed by atoms with Gasteiger partial charge in [-0.05, 0) is 23.7 Å². The zero-order valence-corrected chi connectivity index (χ0v) is 12.3. The zero-order chi connectivity index (χ0) is 15.8. The molecule has 1 aromatic carbocycles. The summed E-state index contributed by atoms with van der Waals surface area (Å²) in [7, 11) is 0. The molecule has 0 amide bonds. The molecular weight excluding hydrogens is 275 g/mol. The quantitative estimate of drug-likeness (QED) is 0.389. The summed E-state index contributed by atoms with van der Waals surface area (Å²) in [6.45, 7) is 8.84. The first-order chi connectivity index (χ1) is 8.98. The van der Waals surface area contributed by atoms with Gasteiger partial charge in [0.05, 0.1) is 0 Å². The molecule has 0 fully saturated rings. The summed E-state index contributed by atoms with van der Waals surface area (Å²) >= 11 is 0. The van der Waals surface area contributed by atoms with E-state index in [2.05, 4.69) is 0 Å². The van der Waals surface area contributed by atoms with Gasteiger partial charge in [-0.2, -0.15) is 0 Å². The number of benzene rings is 1. The van der Waals surface area contributed by atoms with Crippen molar-refractivity contribution >= 4 is 0 Å². The van der Waals surface area contributed by atoms with Crippen LogP contribution in [0.4, 0.5) is 22.0 Å². The Bertz CT molecular complexity index is 471. The molecular formula is C15H19F5. The van der Waals surface area contributed by atoms with Crippen LogP contribution in [0.2, 0.25) is 0 Å². The predicted octanol–water partition coefficient (Wildman–Crippen LogP) is 5.56. The molecule has 0 nitrogen and oxygen atoms in total. The third kappa shape index (κ3) is 3.13. The molecule has 0 saturated carbocycles. The van der Waals surface area contributed by atoms with E-state index >= 15 is 0 Å². The van der Waals surface area contributed by atoms with Gasteiger partial charge in [-0.15, -0.1) is 0 Å². The highest BCUT2D eigenvalue weighted by atomic mass is 19.2. The first kappa shape index (κ1) is 16.9.